The molecule has 4 heteroatoms. The highest BCUT2D eigenvalue weighted by Crippen LogP contribution is 2.36. The summed E-state index contributed by atoms with van der Waals surface area (Å²) in [5.41, 5.74) is 1.89. The third-order valence-corrected chi connectivity index (χ3v) is 3.91. The number of hydrogen-bond donors (Lipinski definition) is 1. The number of aliphatic hydroxyl groups excluding tert-OH is 1. The van der Waals surface area contributed by atoms with Crippen molar-refractivity contribution in [3.05, 3.63) is 23.8 Å². The highest BCUT2D eigenvalue weighted by Gasteiger charge is 2.22. The van der Waals surface area contributed by atoms with Crippen LogP contribution in [0.5, 0.6) is 5.75 Å². The Morgan fingerprint density at radius 2 is 1.86 bits per heavy atom. The molecule has 0 fully saturated rings. The van der Waals surface area contributed by atoms with E-state index in [9.17, 15) is 5.11 Å². The first-order valence-electron chi connectivity index (χ1n) is 7.71. The van der Waals surface area contributed by atoms with Crippen LogP contribution in [-0.2, 0) is 4.74 Å². The van der Waals surface area contributed by atoms with E-state index in [1.165, 1.54) is 0 Å². The van der Waals surface area contributed by atoms with E-state index in [4.69, 9.17) is 9.47 Å². The van der Waals surface area contributed by atoms with E-state index in [-0.39, 0.29) is 0 Å². The Hall–Kier alpha value is -1.26. The fourth-order valence-corrected chi connectivity index (χ4v) is 2.80. The van der Waals surface area contributed by atoms with Gasteiger partial charge in [-0.15, -0.1) is 0 Å². The first-order chi connectivity index (χ1) is 10.1. The number of benzene rings is 1. The number of methoxy groups -OCH3 is 2. The van der Waals surface area contributed by atoms with E-state index in [1.807, 2.05) is 12.1 Å². The van der Waals surface area contributed by atoms with Gasteiger partial charge in [0, 0.05) is 30.9 Å². The van der Waals surface area contributed by atoms with E-state index in [0.29, 0.717) is 12.6 Å². The molecule has 0 saturated heterocycles. The lowest BCUT2D eigenvalue weighted by molar-refractivity contribution is 0.192. The lowest BCUT2D eigenvalue weighted by atomic mass is 10.0. The molecule has 0 amide bonds. The Morgan fingerprint density at radius 3 is 2.33 bits per heavy atom. The topological polar surface area (TPSA) is 41.9 Å². The van der Waals surface area contributed by atoms with Gasteiger partial charge in [-0.25, -0.2) is 0 Å². The number of nitrogens with zero attached hydrogens (tertiary/aromatic N) is 1. The molecule has 1 atom stereocenters. The van der Waals surface area contributed by atoms with Gasteiger partial charge < -0.3 is 19.5 Å². The van der Waals surface area contributed by atoms with Gasteiger partial charge in [-0.3, -0.25) is 0 Å². The van der Waals surface area contributed by atoms with Crippen LogP contribution in [0.4, 0.5) is 5.69 Å². The van der Waals surface area contributed by atoms with Crippen molar-refractivity contribution < 1.29 is 14.6 Å². The van der Waals surface area contributed by atoms with Crippen molar-refractivity contribution in [2.75, 3.05) is 32.3 Å². The average Bonchev–Trinajstić information content (AvgIpc) is 2.50. The first-order valence-corrected chi connectivity index (χ1v) is 7.71. The summed E-state index contributed by atoms with van der Waals surface area (Å²) < 4.78 is 10.7. The smallest absolute Gasteiger partial charge is 0.126 e. The van der Waals surface area contributed by atoms with Crippen molar-refractivity contribution in [2.24, 2.45) is 0 Å². The molecule has 0 saturated carbocycles. The number of anilines is 1. The summed E-state index contributed by atoms with van der Waals surface area (Å²) in [7, 11) is 3.36. The number of aliphatic hydroxyl groups is 1. The monoisotopic (exact) mass is 295 g/mol. The highest BCUT2D eigenvalue weighted by molar-refractivity contribution is 5.61. The standard InChI is InChI=1S/C17H29NO3/c1-6-14(7-2)18(11-12-20-4)15-9-8-10-16(21-5)17(15)13(3)19/h8-10,13-14,19H,6-7,11-12H2,1-5H3/t13-/m0/s1. The summed E-state index contributed by atoms with van der Waals surface area (Å²) in [6.07, 6.45) is 1.53. The van der Waals surface area contributed by atoms with E-state index < -0.39 is 6.10 Å². The molecule has 0 bridgehead atoms. The van der Waals surface area contributed by atoms with Crippen LogP contribution in [0.1, 0.15) is 45.3 Å². The van der Waals surface area contributed by atoms with Crippen LogP contribution in [0.3, 0.4) is 0 Å². The maximum absolute atomic E-state index is 10.2. The Kier molecular flexibility index (Phi) is 7.54. The minimum atomic E-state index is -0.574. The normalized spacial score (nSPS) is 12.5. The lowest BCUT2D eigenvalue weighted by Gasteiger charge is -2.35. The second kappa shape index (κ2) is 8.90. The summed E-state index contributed by atoms with van der Waals surface area (Å²) in [6.45, 7) is 7.62. The molecule has 1 rings (SSSR count). The lowest BCUT2D eigenvalue weighted by Crippen LogP contribution is -2.38. The zero-order valence-electron chi connectivity index (χ0n) is 13.9. The zero-order chi connectivity index (χ0) is 15.8. The minimum absolute atomic E-state index is 0.421. The van der Waals surface area contributed by atoms with Gasteiger partial charge in [0.05, 0.1) is 19.8 Å². The second-order valence-electron chi connectivity index (χ2n) is 5.23. The van der Waals surface area contributed by atoms with Crippen molar-refractivity contribution in [1.29, 1.82) is 0 Å². The third-order valence-electron chi connectivity index (χ3n) is 3.91. The van der Waals surface area contributed by atoms with Crippen LogP contribution in [0.15, 0.2) is 18.2 Å². The van der Waals surface area contributed by atoms with Gasteiger partial charge in [0.1, 0.15) is 5.75 Å². The van der Waals surface area contributed by atoms with Gasteiger partial charge in [0.2, 0.25) is 0 Å². The molecule has 0 unspecified atom stereocenters. The maximum atomic E-state index is 10.2. The molecular weight excluding hydrogens is 266 g/mol. The molecule has 0 spiro atoms. The summed E-state index contributed by atoms with van der Waals surface area (Å²) in [6, 6.07) is 6.35. The van der Waals surface area contributed by atoms with Crippen LogP contribution in [0, 0.1) is 0 Å². The second-order valence-corrected chi connectivity index (χ2v) is 5.23. The number of ether oxygens (including phenoxy) is 2. The molecule has 0 radical (unpaired) electrons. The van der Waals surface area contributed by atoms with Gasteiger partial charge in [-0.1, -0.05) is 19.9 Å². The zero-order valence-corrected chi connectivity index (χ0v) is 13.9. The fourth-order valence-electron chi connectivity index (χ4n) is 2.80. The molecule has 0 aromatic heterocycles. The molecular formula is C17H29NO3. The van der Waals surface area contributed by atoms with E-state index in [2.05, 4.69) is 24.8 Å². The molecule has 1 aromatic carbocycles. The highest BCUT2D eigenvalue weighted by atomic mass is 16.5. The van der Waals surface area contributed by atoms with Crippen molar-refractivity contribution >= 4 is 5.69 Å². The Balaban J connectivity index is 3.28. The van der Waals surface area contributed by atoms with Gasteiger partial charge in [-0.2, -0.15) is 0 Å². The van der Waals surface area contributed by atoms with Gasteiger partial charge in [-0.05, 0) is 31.9 Å². The van der Waals surface area contributed by atoms with Crippen molar-refractivity contribution in [3.63, 3.8) is 0 Å². The average molecular weight is 295 g/mol. The van der Waals surface area contributed by atoms with Gasteiger partial charge in [0.25, 0.3) is 0 Å². The molecule has 0 aliphatic heterocycles. The van der Waals surface area contributed by atoms with Crippen molar-refractivity contribution in [1.82, 2.24) is 0 Å². The van der Waals surface area contributed by atoms with Crippen LogP contribution in [-0.4, -0.2) is 38.5 Å². The van der Waals surface area contributed by atoms with E-state index >= 15 is 0 Å². The Labute approximate surface area is 128 Å². The van der Waals surface area contributed by atoms with Crippen LogP contribution >= 0.6 is 0 Å². The first kappa shape index (κ1) is 17.8. The molecule has 4 nitrogen and oxygen atoms in total. The van der Waals surface area contributed by atoms with Crippen LogP contribution in [0.25, 0.3) is 0 Å². The van der Waals surface area contributed by atoms with E-state index in [1.54, 1.807) is 21.1 Å². The molecule has 0 heterocycles. The summed E-state index contributed by atoms with van der Waals surface area (Å²) in [4.78, 5) is 2.33. The third kappa shape index (κ3) is 4.35. The molecule has 120 valence electrons. The van der Waals surface area contributed by atoms with Gasteiger partial charge >= 0.3 is 0 Å². The van der Waals surface area contributed by atoms with Crippen LogP contribution < -0.4 is 9.64 Å². The summed E-state index contributed by atoms with van der Waals surface area (Å²) in [5.74, 6) is 0.732. The molecule has 21 heavy (non-hydrogen) atoms. The Morgan fingerprint density at radius 1 is 1.19 bits per heavy atom. The predicted molar refractivity (Wildman–Crippen MR) is 87.2 cm³/mol. The Bertz CT molecular complexity index is 416. The molecule has 0 aliphatic carbocycles. The summed E-state index contributed by atoms with van der Waals surface area (Å²) >= 11 is 0. The van der Waals surface area contributed by atoms with Crippen LogP contribution in [0.2, 0.25) is 0 Å². The molecule has 0 aliphatic rings. The van der Waals surface area contributed by atoms with E-state index in [0.717, 1.165) is 36.4 Å². The maximum Gasteiger partial charge on any atom is 0.126 e. The van der Waals surface area contributed by atoms with Gasteiger partial charge in [0.15, 0.2) is 0 Å². The quantitative estimate of drug-likeness (QED) is 0.758. The number of hydrogen-bond acceptors (Lipinski definition) is 4. The van der Waals surface area contributed by atoms with Crippen molar-refractivity contribution in [2.45, 2.75) is 45.8 Å². The predicted octanol–water partition coefficient (Wildman–Crippen LogP) is 3.39. The molecule has 1 aromatic rings. The largest absolute Gasteiger partial charge is 0.496 e. The SMILES string of the molecule is CCC(CC)N(CCOC)c1cccc(OC)c1[C@H](C)O. The van der Waals surface area contributed by atoms with Crippen molar-refractivity contribution in [3.8, 4) is 5.75 Å². The minimum Gasteiger partial charge on any atom is -0.496 e. The number of rotatable bonds is 9. The fraction of sp³-hybridized carbons (Fsp3) is 0.647. The molecule has 1 N–H and O–H groups in total. The summed E-state index contributed by atoms with van der Waals surface area (Å²) in [5, 5.41) is 10.2.